The molecule has 6 N–H and O–H groups in total. The highest BCUT2D eigenvalue weighted by Crippen LogP contribution is 2.42. The number of nitrogen functional groups attached to an aromatic ring is 1. The highest BCUT2D eigenvalue weighted by atomic mass is 127. The second-order valence-electron chi connectivity index (χ2n) is 35.9. The van der Waals surface area contributed by atoms with Crippen molar-refractivity contribution in [3.05, 3.63) is 263 Å². The molecule has 736 valence electrons. The van der Waals surface area contributed by atoms with Crippen molar-refractivity contribution in [2.75, 3.05) is 146 Å². The topological polar surface area (TPSA) is 359 Å². The molecular formula is C98H118Br2Cl3IN26O9. The summed E-state index contributed by atoms with van der Waals surface area (Å²) in [6.45, 7) is 16.8. The van der Waals surface area contributed by atoms with Crippen molar-refractivity contribution in [3.8, 4) is 0 Å². The average molecular weight is 2200 g/mol. The largest absolute Gasteiger partial charge is 0.396 e. The van der Waals surface area contributed by atoms with Crippen LogP contribution in [0.1, 0.15) is 123 Å². The number of aromatic nitrogens is 20. The van der Waals surface area contributed by atoms with Crippen LogP contribution in [0.4, 0.5) is 28.7 Å². The van der Waals surface area contributed by atoms with Gasteiger partial charge >= 0.3 is 0 Å². The first-order valence-corrected chi connectivity index (χ1v) is 51.3. The molecule has 1 saturated carbocycles. The highest BCUT2D eigenvalue weighted by molar-refractivity contribution is 14.1. The van der Waals surface area contributed by atoms with E-state index in [4.69, 9.17) is 89.1 Å². The summed E-state index contributed by atoms with van der Waals surface area (Å²) >= 11 is 27.0. The third-order valence-electron chi connectivity index (χ3n) is 26.5. The molecule has 0 bridgehead atoms. The number of piperazine rings is 1. The summed E-state index contributed by atoms with van der Waals surface area (Å²) in [6, 6.07) is 39.7. The minimum atomic E-state index is -0.249. The van der Waals surface area contributed by atoms with Crippen LogP contribution in [0.5, 0.6) is 0 Å². The number of piperidine rings is 2. The molecule has 0 unspecified atom stereocenters. The van der Waals surface area contributed by atoms with Crippen molar-refractivity contribution in [1.82, 2.24) is 107 Å². The number of aliphatic hydroxyl groups excluding tert-OH is 3. The Kier molecular flexibility index (Phi) is 35.1. The van der Waals surface area contributed by atoms with Crippen LogP contribution in [0.25, 0.3) is 22.6 Å². The van der Waals surface area contributed by atoms with E-state index in [0.29, 0.717) is 69.1 Å². The van der Waals surface area contributed by atoms with Crippen molar-refractivity contribution < 1.29 is 43.7 Å². The van der Waals surface area contributed by atoms with Crippen LogP contribution in [0.2, 0.25) is 15.1 Å². The van der Waals surface area contributed by atoms with Crippen LogP contribution in [0, 0.1) is 3.83 Å². The van der Waals surface area contributed by atoms with Crippen LogP contribution in [-0.4, -0.2) is 267 Å². The molecule has 18 heterocycles. The average Bonchev–Trinajstić information content (AvgIpc) is 1.76. The van der Waals surface area contributed by atoms with E-state index in [1.54, 1.807) is 32.3 Å². The summed E-state index contributed by atoms with van der Waals surface area (Å²) in [5.41, 5.74) is 17.8. The van der Waals surface area contributed by atoms with Gasteiger partial charge in [0.25, 0.3) is 0 Å². The van der Waals surface area contributed by atoms with Gasteiger partial charge < -0.3 is 74.4 Å². The number of fused-ring (bicyclic) bond motifs is 4. The second-order valence-corrected chi connectivity index (χ2v) is 39.9. The highest BCUT2D eigenvalue weighted by Gasteiger charge is 2.39. The van der Waals surface area contributed by atoms with Gasteiger partial charge in [-0.3, -0.25) is 18.7 Å². The third kappa shape index (κ3) is 26.6. The number of hydrogen-bond acceptors (Lipinski definition) is 27. The number of nitrogens with zero attached hydrogens (tertiary/aromatic N) is 24. The molecule has 139 heavy (non-hydrogen) atoms. The van der Waals surface area contributed by atoms with Gasteiger partial charge in [0.2, 0.25) is 9.78 Å². The van der Waals surface area contributed by atoms with Gasteiger partial charge in [-0.25, -0.2) is 33.0 Å². The molecule has 1 aliphatic carbocycles. The number of likely N-dealkylation sites (N-methyl/N-ethyl adjacent to an activating group) is 1. The van der Waals surface area contributed by atoms with Crippen LogP contribution in [0.3, 0.4) is 0 Å². The number of halogens is 6. The summed E-state index contributed by atoms with van der Waals surface area (Å²) in [7, 11) is 2.19. The zero-order valence-electron chi connectivity index (χ0n) is 77.7. The Morgan fingerprint density at radius 3 is 1.25 bits per heavy atom. The number of aryl methyl sites for hydroxylation is 4. The predicted molar refractivity (Wildman–Crippen MR) is 548 cm³/mol. The smallest absolute Gasteiger partial charge is 0.247 e. The first kappa shape index (κ1) is 101. The number of pyridine rings is 4. The summed E-state index contributed by atoms with van der Waals surface area (Å²) in [4.78, 5) is 28.1. The monoisotopic (exact) mass is 2190 g/mol. The summed E-state index contributed by atoms with van der Waals surface area (Å²) in [5.74, 6) is 2.09. The molecule has 6 saturated heterocycles. The van der Waals surface area contributed by atoms with Gasteiger partial charge in [0.05, 0.1) is 116 Å². The fraction of sp³-hybridized carbons (Fsp3) is 0.449. The minimum Gasteiger partial charge on any atom is -0.396 e. The third-order valence-corrected chi connectivity index (χ3v) is 29.0. The number of nitrogens with two attached hydrogens (primary N) is 1. The van der Waals surface area contributed by atoms with Crippen molar-refractivity contribution >= 4 is 141 Å². The van der Waals surface area contributed by atoms with Gasteiger partial charge in [0.15, 0.2) is 53.1 Å². The Balaban J connectivity index is 0.000000123. The van der Waals surface area contributed by atoms with Gasteiger partial charge in [0, 0.05) is 214 Å². The first-order valence-electron chi connectivity index (χ1n) is 47.5. The molecule has 22 rings (SSSR count). The lowest BCUT2D eigenvalue weighted by atomic mass is 9.70. The molecule has 41 heteroatoms. The number of ether oxygens (including phenoxy) is 6. The molecule has 0 amide bonds. The molecule has 6 aliphatic heterocycles. The molecule has 12 aromatic heterocycles. The molecule has 3 aromatic carbocycles. The van der Waals surface area contributed by atoms with Gasteiger partial charge in [-0.15, -0.1) is 10.2 Å². The molecule has 15 aromatic rings. The van der Waals surface area contributed by atoms with E-state index in [1.807, 2.05) is 153 Å². The van der Waals surface area contributed by atoms with Crippen molar-refractivity contribution in [3.63, 3.8) is 0 Å². The Morgan fingerprint density at radius 1 is 0.424 bits per heavy atom. The summed E-state index contributed by atoms with van der Waals surface area (Å²) in [5, 5.41) is 71.2. The van der Waals surface area contributed by atoms with Crippen molar-refractivity contribution in [2.45, 2.75) is 158 Å². The van der Waals surface area contributed by atoms with E-state index in [1.165, 1.54) is 24.8 Å². The number of nitrogens with one attached hydrogen (secondary N) is 1. The van der Waals surface area contributed by atoms with E-state index in [2.05, 4.69) is 174 Å². The Labute approximate surface area is 851 Å². The van der Waals surface area contributed by atoms with Crippen LogP contribution < -0.4 is 20.9 Å². The first-order chi connectivity index (χ1) is 67.8. The van der Waals surface area contributed by atoms with Crippen molar-refractivity contribution in [2.24, 2.45) is 0 Å². The maximum Gasteiger partial charge on any atom is 0.247 e. The maximum atomic E-state index is 10.4. The fourth-order valence-electron chi connectivity index (χ4n) is 18.6. The lowest BCUT2D eigenvalue weighted by molar-refractivity contribution is -0.0498. The normalized spacial score (nSPS) is 17.5. The molecule has 7 aliphatic rings. The fourth-order valence-corrected chi connectivity index (χ4v) is 20.3. The molecule has 0 spiro atoms. The number of hydrogen-bond donors (Lipinski definition) is 5. The SMILES string of the molecule is Brc1cccn2nc(I)nc12.Brc1cccn2nc(Nc3cnn(CCC4OCCO4)c3)nc12.CN1CCN(CCCn2cc(Cc3nc4c(N5CCC(CO)(c6ccc(Cl)cc6)CC5)cccn4n3)cn2)CC1.Nc1cnn(CCC2OCCO2)c1.OCC1(c2ccc(Cl)cc2)CCCCC1.OCC1(c2ccc(Cl)cc2)CCN(c2cccn3nc(Cc4cnn(CCC5OCCO5)c4)nc23)CC1. The number of anilines is 5. The Bertz CT molecular complexity index is 6370. The lowest BCUT2D eigenvalue weighted by Crippen LogP contribution is -2.45. The maximum absolute atomic E-state index is 10.4. The number of aliphatic hydroxyl groups is 3. The van der Waals surface area contributed by atoms with E-state index in [0.717, 1.165) is 246 Å². The molecule has 35 nitrogen and oxygen atoms in total. The van der Waals surface area contributed by atoms with E-state index in [9.17, 15) is 15.3 Å². The molecule has 7 fully saturated rings. The molecule has 0 radical (unpaired) electrons. The standard InChI is InChI=1S/C30H39ClN8O.C27H31ClN6O3.C14H15BrN6O2.C13H17ClO.C8H13N3O2.C6H3BrIN3/c1-35-16-18-36(19-17-35)11-3-12-38-22-24(21-32-38)20-28-33-29-27(4-2-13-39(29)34-28)37-14-9-30(23-40,10-15-37)25-5-7-26(31)8-6-25;28-22-5-3-21(4-6-22)27(19-35)8-12-32(13-9-27)23-2-1-10-34-26(23)30-24(31-34)16-20-17-29-33(18-20)11-7-25-36-14-15-37-25;15-11-2-1-4-21-13(11)18-14(19-21)17-10-8-16-20(9-10)5-3-12-22-6-7-23-12;14-12-6-4-11(5-7-12)13(10-15)8-2-1-3-9-13;9-7-5-10-11(6-7)2-1-8-12-3-4-13-8;7-4-2-1-3-11-5(4)9-6(8)10-11/h2,4-8,13,21-22,40H,3,9-12,14-20,23H2,1H3;1-6,10,17-18,25,35H,7-9,11-16,19H2;1-2,4,8-9,12H,3,5-7H2,(H,17,19);4-7,15H,1-3,8-10H2;5-6,8H,1-4,9H2;1-3H. The zero-order valence-corrected chi connectivity index (χ0v) is 85.3. The summed E-state index contributed by atoms with van der Waals surface area (Å²) in [6.07, 6.45) is 36.5. The summed E-state index contributed by atoms with van der Waals surface area (Å²) < 4.78 is 49.9. The quantitative estimate of drug-likeness (QED) is 0.0299. The van der Waals surface area contributed by atoms with E-state index in [-0.39, 0.29) is 54.9 Å². The van der Waals surface area contributed by atoms with E-state index < -0.39 is 0 Å². The molecule has 0 atom stereocenters. The Morgan fingerprint density at radius 2 is 0.820 bits per heavy atom. The van der Waals surface area contributed by atoms with Gasteiger partial charge in [0.1, 0.15) is 0 Å². The van der Waals surface area contributed by atoms with Gasteiger partial charge in [-0.05, 0) is 203 Å². The van der Waals surface area contributed by atoms with Crippen molar-refractivity contribution in [1.29, 1.82) is 0 Å². The van der Waals surface area contributed by atoms with Crippen LogP contribution >= 0.6 is 89.3 Å². The van der Waals surface area contributed by atoms with Gasteiger partial charge in [-0.1, -0.05) is 90.5 Å². The Hall–Kier alpha value is -9.70. The predicted octanol–water partition coefficient (Wildman–Crippen LogP) is 14.9. The van der Waals surface area contributed by atoms with E-state index >= 15 is 0 Å². The zero-order chi connectivity index (χ0) is 96.1. The second kappa shape index (κ2) is 48.4. The van der Waals surface area contributed by atoms with Crippen LogP contribution in [-0.2, 0) is 83.7 Å². The van der Waals surface area contributed by atoms with Crippen LogP contribution in [0.15, 0.2) is 205 Å². The minimum absolute atomic E-state index is 0.00282. The lowest BCUT2D eigenvalue weighted by Gasteiger charge is -2.42. The molecular weight excluding hydrogens is 2080 g/mol. The number of benzene rings is 3. The van der Waals surface area contributed by atoms with Gasteiger partial charge in [-0.2, -0.15) is 35.6 Å². The number of rotatable bonds is 27.